The molecule has 3 aromatic heterocycles. The van der Waals surface area contributed by atoms with Gasteiger partial charge in [-0.3, -0.25) is 19.7 Å². The van der Waals surface area contributed by atoms with Gasteiger partial charge in [0.25, 0.3) is 11.5 Å². The standard InChI is InChI=1S/C19H20N6O2/c1-13-10-17(22-21-13)19(27)24-9-3-5-15(24)12-25-18(26)7-6-16(23-25)14-4-2-8-20-11-14/h2,4,6-8,10-11,15H,3,5,9,12H2,1H3,(H,21,22). The number of aromatic amines is 1. The first kappa shape index (κ1) is 17.1. The van der Waals surface area contributed by atoms with Crippen LogP contribution in [0.3, 0.4) is 0 Å². The lowest BCUT2D eigenvalue weighted by Gasteiger charge is -2.24. The molecule has 1 fully saturated rings. The summed E-state index contributed by atoms with van der Waals surface area (Å²) in [5.74, 6) is -0.113. The molecule has 1 atom stereocenters. The monoisotopic (exact) mass is 364 g/mol. The largest absolute Gasteiger partial charge is 0.332 e. The van der Waals surface area contributed by atoms with Gasteiger partial charge in [0.15, 0.2) is 0 Å². The van der Waals surface area contributed by atoms with Gasteiger partial charge in [-0.25, -0.2) is 4.68 Å². The van der Waals surface area contributed by atoms with Crippen molar-refractivity contribution in [3.8, 4) is 11.3 Å². The molecule has 1 saturated heterocycles. The van der Waals surface area contributed by atoms with Gasteiger partial charge in [0.05, 0.1) is 18.3 Å². The quantitative estimate of drug-likeness (QED) is 0.759. The second kappa shape index (κ2) is 7.14. The molecule has 1 N–H and O–H groups in total. The molecule has 0 saturated carbocycles. The Kier molecular flexibility index (Phi) is 4.53. The van der Waals surface area contributed by atoms with Gasteiger partial charge in [-0.2, -0.15) is 10.2 Å². The number of carbonyl (C=O) groups excluding carboxylic acids is 1. The molecule has 8 nitrogen and oxygen atoms in total. The van der Waals surface area contributed by atoms with Crippen LogP contribution in [0.2, 0.25) is 0 Å². The summed E-state index contributed by atoms with van der Waals surface area (Å²) in [7, 11) is 0. The molecule has 1 aliphatic heterocycles. The molecule has 138 valence electrons. The number of hydrogen-bond acceptors (Lipinski definition) is 5. The van der Waals surface area contributed by atoms with Crippen molar-refractivity contribution in [1.82, 2.24) is 29.9 Å². The van der Waals surface area contributed by atoms with E-state index in [0.29, 0.717) is 24.5 Å². The van der Waals surface area contributed by atoms with Crippen molar-refractivity contribution in [2.75, 3.05) is 6.54 Å². The Hall–Kier alpha value is -3.29. The number of rotatable bonds is 4. The molecule has 1 aliphatic rings. The Bertz CT molecular complexity index is 1010. The van der Waals surface area contributed by atoms with E-state index < -0.39 is 0 Å². The zero-order chi connectivity index (χ0) is 18.8. The summed E-state index contributed by atoms with van der Waals surface area (Å²) in [6.45, 7) is 2.88. The summed E-state index contributed by atoms with van der Waals surface area (Å²) >= 11 is 0. The SMILES string of the molecule is Cc1cc(C(=O)N2CCCC2Cn2nc(-c3cccnc3)ccc2=O)n[nH]1. The number of nitrogens with one attached hydrogen (secondary N) is 1. The third kappa shape index (κ3) is 3.51. The second-order valence-corrected chi connectivity index (χ2v) is 6.71. The number of likely N-dealkylation sites (tertiary alicyclic amines) is 1. The Balaban J connectivity index is 1.58. The Labute approximate surface area is 155 Å². The fourth-order valence-corrected chi connectivity index (χ4v) is 3.42. The van der Waals surface area contributed by atoms with Crippen molar-refractivity contribution in [1.29, 1.82) is 0 Å². The molecular formula is C19H20N6O2. The van der Waals surface area contributed by atoms with Crippen molar-refractivity contribution < 1.29 is 4.79 Å². The number of hydrogen-bond donors (Lipinski definition) is 1. The fourth-order valence-electron chi connectivity index (χ4n) is 3.42. The summed E-state index contributed by atoms with van der Waals surface area (Å²) < 4.78 is 1.44. The second-order valence-electron chi connectivity index (χ2n) is 6.71. The molecule has 0 radical (unpaired) electrons. The number of nitrogens with zero attached hydrogens (tertiary/aromatic N) is 5. The first-order valence-electron chi connectivity index (χ1n) is 8.93. The van der Waals surface area contributed by atoms with Crippen LogP contribution in [0.1, 0.15) is 29.0 Å². The third-order valence-corrected chi connectivity index (χ3v) is 4.77. The molecule has 0 spiro atoms. The minimum absolute atomic E-state index is 0.0798. The minimum atomic E-state index is -0.183. The fraction of sp³-hybridized carbons (Fsp3) is 0.316. The van der Waals surface area contributed by atoms with E-state index in [1.165, 1.54) is 10.7 Å². The van der Waals surface area contributed by atoms with E-state index >= 15 is 0 Å². The van der Waals surface area contributed by atoms with Crippen LogP contribution in [0, 0.1) is 6.92 Å². The first-order valence-corrected chi connectivity index (χ1v) is 8.93. The van der Waals surface area contributed by atoms with Crippen molar-refractivity contribution in [3.05, 3.63) is 64.5 Å². The minimum Gasteiger partial charge on any atom is -0.332 e. The molecule has 0 aromatic carbocycles. The van der Waals surface area contributed by atoms with Gasteiger partial charge in [0.2, 0.25) is 0 Å². The van der Waals surface area contributed by atoms with Crippen LogP contribution in [0.4, 0.5) is 0 Å². The van der Waals surface area contributed by atoms with Crippen molar-refractivity contribution in [2.45, 2.75) is 32.4 Å². The van der Waals surface area contributed by atoms with Gasteiger partial charge in [-0.1, -0.05) is 0 Å². The summed E-state index contributed by atoms with van der Waals surface area (Å²) in [5, 5.41) is 11.3. The number of carbonyl (C=O) groups is 1. The topological polar surface area (TPSA) is 96.8 Å². The summed E-state index contributed by atoms with van der Waals surface area (Å²) in [6.07, 6.45) is 5.14. The zero-order valence-corrected chi connectivity index (χ0v) is 15.0. The van der Waals surface area contributed by atoms with E-state index in [1.807, 2.05) is 19.1 Å². The van der Waals surface area contributed by atoms with E-state index in [4.69, 9.17) is 0 Å². The molecule has 8 heteroatoms. The lowest BCUT2D eigenvalue weighted by molar-refractivity contribution is 0.0714. The van der Waals surface area contributed by atoms with Gasteiger partial charge in [-0.15, -0.1) is 0 Å². The van der Waals surface area contributed by atoms with Gasteiger partial charge in [-0.05, 0) is 44.0 Å². The van der Waals surface area contributed by atoms with Crippen molar-refractivity contribution in [2.24, 2.45) is 0 Å². The Morgan fingerprint density at radius 2 is 2.22 bits per heavy atom. The van der Waals surface area contributed by atoms with Crippen LogP contribution in [0.5, 0.6) is 0 Å². The maximum Gasteiger partial charge on any atom is 0.274 e. The van der Waals surface area contributed by atoms with Gasteiger partial charge < -0.3 is 4.90 Å². The van der Waals surface area contributed by atoms with E-state index in [2.05, 4.69) is 20.3 Å². The molecule has 0 bridgehead atoms. The number of pyridine rings is 1. The maximum atomic E-state index is 12.8. The van der Waals surface area contributed by atoms with E-state index in [-0.39, 0.29) is 17.5 Å². The molecule has 4 rings (SSSR count). The molecule has 1 amide bonds. The first-order chi connectivity index (χ1) is 13.1. The van der Waals surface area contributed by atoms with Crippen molar-refractivity contribution in [3.63, 3.8) is 0 Å². The molecule has 27 heavy (non-hydrogen) atoms. The summed E-state index contributed by atoms with van der Waals surface area (Å²) in [6, 6.07) is 8.59. The summed E-state index contributed by atoms with van der Waals surface area (Å²) in [4.78, 5) is 31.0. The number of H-pyrrole nitrogens is 1. The van der Waals surface area contributed by atoms with E-state index in [1.54, 1.807) is 29.4 Å². The average Bonchev–Trinajstić information content (AvgIpc) is 3.33. The van der Waals surface area contributed by atoms with E-state index in [0.717, 1.165) is 24.1 Å². The number of amides is 1. The van der Waals surface area contributed by atoms with Crippen LogP contribution in [-0.4, -0.2) is 48.4 Å². The van der Waals surface area contributed by atoms with Crippen LogP contribution in [0.15, 0.2) is 47.5 Å². The zero-order valence-electron chi connectivity index (χ0n) is 15.0. The maximum absolute atomic E-state index is 12.8. The predicted octanol–water partition coefficient (Wildman–Crippen LogP) is 1.64. The molecule has 1 unspecified atom stereocenters. The highest BCUT2D eigenvalue weighted by atomic mass is 16.2. The highest BCUT2D eigenvalue weighted by Gasteiger charge is 2.31. The lowest BCUT2D eigenvalue weighted by Crippen LogP contribution is -2.40. The number of aromatic nitrogens is 5. The Morgan fingerprint density at radius 3 is 2.96 bits per heavy atom. The van der Waals surface area contributed by atoms with Gasteiger partial charge >= 0.3 is 0 Å². The van der Waals surface area contributed by atoms with Crippen molar-refractivity contribution >= 4 is 5.91 Å². The normalized spacial score (nSPS) is 16.6. The molecule has 3 aromatic rings. The molecular weight excluding hydrogens is 344 g/mol. The smallest absolute Gasteiger partial charge is 0.274 e. The molecule has 4 heterocycles. The highest BCUT2D eigenvalue weighted by molar-refractivity contribution is 5.92. The lowest BCUT2D eigenvalue weighted by atomic mass is 10.2. The van der Waals surface area contributed by atoms with Gasteiger partial charge in [0, 0.05) is 36.3 Å². The van der Waals surface area contributed by atoms with E-state index in [9.17, 15) is 9.59 Å². The van der Waals surface area contributed by atoms with Crippen LogP contribution >= 0.6 is 0 Å². The van der Waals surface area contributed by atoms with Crippen LogP contribution in [-0.2, 0) is 6.54 Å². The highest BCUT2D eigenvalue weighted by Crippen LogP contribution is 2.21. The predicted molar refractivity (Wildman–Crippen MR) is 99.1 cm³/mol. The van der Waals surface area contributed by atoms with Crippen LogP contribution < -0.4 is 5.56 Å². The third-order valence-electron chi connectivity index (χ3n) is 4.77. The Morgan fingerprint density at radius 1 is 1.33 bits per heavy atom. The molecule has 0 aliphatic carbocycles. The number of aryl methyl sites for hydroxylation is 1. The van der Waals surface area contributed by atoms with Crippen LogP contribution in [0.25, 0.3) is 11.3 Å². The average molecular weight is 364 g/mol. The van der Waals surface area contributed by atoms with Gasteiger partial charge in [0.1, 0.15) is 5.69 Å². The summed E-state index contributed by atoms with van der Waals surface area (Å²) in [5.41, 5.74) is 2.59.